The molecule has 0 unspecified atom stereocenters. The molecule has 0 aromatic rings. The van der Waals surface area contributed by atoms with Crippen LogP contribution in [0.5, 0.6) is 0 Å². The van der Waals surface area contributed by atoms with Gasteiger partial charge in [0.1, 0.15) is 0 Å². The molecule has 0 saturated carbocycles. The van der Waals surface area contributed by atoms with E-state index in [1.54, 1.807) is 6.08 Å². The number of ether oxygens (including phenoxy) is 2. The summed E-state index contributed by atoms with van der Waals surface area (Å²) >= 11 is 0. The lowest BCUT2D eigenvalue weighted by Gasteiger charge is -2.22. The first kappa shape index (κ1) is 7.44. The molecule has 3 heteroatoms. The van der Waals surface area contributed by atoms with Crippen molar-refractivity contribution in [1.82, 2.24) is 0 Å². The first-order valence-corrected chi connectivity index (χ1v) is 3.05. The third-order valence-corrected chi connectivity index (χ3v) is 1.63. The molecule has 0 amide bonds. The van der Waals surface area contributed by atoms with Gasteiger partial charge < -0.3 is 9.47 Å². The second kappa shape index (κ2) is 2.52. The molecule has 0 aliphatic heterocycles. The van der Waals surface area contributed by atoms with Gasteiger partial charge in [-0.05, 0) is 12.2 Å². The number of carbonyl (C=O) groups is 1. The summed E-state index contributed by atoms with van der Waals surface area (Å²) in [4.78, 5) is 10.7. The Bertz CT molecular complexity index is 168. The minimum absolute atomic E-state index is 0.0451. The number of allylic oxidation sites excluding steroid dienone is 1. The molecular formula is C7H10O3. The maximum Gasteiger partial charge on any atom is 0.194 e. The normalized spacial score (nSPS) is 22.0. The number of methoxy groups -OCH3 is 2. The number of rotatable bonds is 2. The van der Waals surface area contributed by atoms with E-state index in [-0.39, 0.29) is 5.78 Å². The Morgan fingerprint density at radius 1 is 1.50 bits per heavy atom. The van der Waals surface area contributed by atoms with Crippen LogP contribution < -0.4 is 0 Å². The molecule has 0 spiro atoms. The summed E-state index contributed by atoms with van der Waals surface area (Å²) in [6.07, 6.45) is 3.41. The van der Waals surface area contributed by atoms with E-state index in [4.69, 9.17) is 9.47 Å². The van der Waals surface area contributed by atoms with Crippen molar-refractivity contribution in [2.45, 2.75) is 12.2 Å². The van der Waals surface area contributed by atoms with Crippen LogP contribution in [0.2, 0.25) is 0 Å². The first-order valence-electron chi connectivity index (χ1n) is 3.05. The average Bonchev–Trinajstić information content (AvgIpc) is 2.33. The topological polar surface area (TPSA) is 35.5 Å². The van der Waals surface area contributed by atoms with E-state index in [0.717, 1.165) is 0 Å². The molecule has 0 fully saturated rings. The van der Waals surface area contributed by atoms with Gasteiger partial charge in [-0.15, -0.1) is 0 Å². The molecule has 0 atom stereocenters. The Balaban J connectivity index is 2.70. The Hall–Kier alpha value is -0.670. The molecule has 1 rings (SSSR count). The quantitative estimate of drug-likeness (QED) is 0.527. The highest BCUT2D eigenvalue weighted by Gasteiger charge is 2.33. The van der Waals surface area contributed by atoms with Gasteiger partial charge in [-0.1, -0.05) is 0 Å². The Morgan fingerprint density at radius 2 is 2.10 bits per heavy atom. The predicted molar refractivity (Wildman–Crippen MR) is 35.5 cm³/mol. The van der Waals surface area contributed by atoms with Gasteiger partial charge in [0.05, 0.1) is 6.42 Å². The second-order valence-electron chi connectivity index (χ2n) is 2.20. The summed E-state index contributed by atoms with van der Waals surface area (Å²) < 4.78 is 9.98. The first-order chi connectivity index (χ1) is 4.72. The monoisotopic (exact) mass is 142 g/mol. The molecule has 0 aromatic carbocycles. The Morgan fingerprint density at radius 3 is 2.30 bits per heavy atom. The SMILES string of the molecule is COC1(OC)C=CC(=O)C1. The van der Waals surface area contributed by atoms with Crippen LogP contribution in [-0.4, -0.2) is 25.8 Å². The molecule has 0 radical (unpaired) electrons. The van der Waals surface area contributed by atoms with E-state index < -0.39 is 5.79 Å². The zero-order valence-corrected chi connectivity index (χ0v) is 6.09. The molecule has 0 heterocycles. The highest BCUT2D eigenvalue weighted by atomic mass is 16.7. The predicted octanol–water partition coefficient (Wildman–Crippen LogP) is 0.505. The Labute approximate surface area is 59.6 Å². The molecule has 1 aliphatic rings. The zero-order valence-electron chi connectivity index (χ0n) is 6.09. The van der Waals surface area contributed by atoms with Gasteiger partial charge in [-0.25, -0.2) is 0 Å². The van der Waals surface area contributed by atoms with Gasteiger partial charge in [0.25, 0.3) is 0 Å². The van der Waals surface area contributed by atoms with Gasteiger partial charge in [-0.3, -0.25) is 4.79 Å². The van der Waals surface area contributed by atoms with Crippen LogP contribution in [0.25, 0.3) is 0 Å². The van der Waals surface area contributed by atoms with Crippen LogP contribution in [0.4, 0.5) is 0 Å². The standard InChI is InChI=1S/C7H10O3/c1-9-7(10-2)4-3-6(8)5-7/h3-4H,5H2,1-2H3. The van der Waals surface area contributed by atoms with Crippen molar-refractivity contribution in [3.63, 3.8) is 0 Å². The van der Waals surface area contributed by atoms with Crippen molar-refractivity contribution >= 4 is 5.78 Å². The number of hydrogen-bond donors (Lipinski definition) is 0. The van der Waals surface area contributed by atoms with E-state index in [9.17, 15) is 4.79 Å². The molecule has 0 bridgehead atoms. The van der Waals surface area contributed by atoms with Gasteiger partial charge in [-0.2, -0.15) is 0 Å². The number of ketones is 1. The smallest absolute Gasteiger partial charge is 0.194 e. The summed E-state index contributed by atoms with van der Waals surface area (Å²) in [6, 6.07) is 0. The largest absolute Gasteiger partial charge is 0.349 e. The molecule has 0 saturated heterocycles. The fourth-order valence-electron chi connectivity index (χ4n) is 0.944. The number of carbonyl (C=O) groups excluding carboxylic acids is 1. The van der Waals surface area contributed by atoms with Crippen molar-refractivity contribution in [2.24, 2.45) is 0 Å². The lowest BCUT2D eigenvalue weighted by atomic mass is 10.2. The maximum absolute atomic E-state index is 10.7. The van der Waals surface area contributed by atoms with Crippen LogP contribution in [0.15, 0.2) is 12.2 Å². The van der Waals surface area contributed by atoms with Crippen LogP contribution in [0.3, 0.4) is 0 Å². The average molecular weight is 142 g/mol. The maximum atomic E-state index is 10.7. The van der Waals surface area contributed by atoms with E-state index in [1.165, 1.54) is 20.3 Å². The second-order valence-corrected chi connectivity index (χ2v) is 2.20. The third-order valence-electron chi connectivity index (χ3n) is 1.63. The highest BCUT2D eigenvalue weighted by Crippen LogP contribution is 2.23. The van der Waals surface area contributed by atoms with Gasteiger partial charge >= 0.3 is 0 Å². The summed E-state index contributed by atoms with van der Waals surface area (Å²) in [7, 11) is 3.04. The molecule has 0 aromatic heterocycles. The molecule has 0 N–H and O–H groups in total. The highest BCUT2D eigenvalue weighted by molar-refractivity contribution is 5.93. The van der Waals surface area contributed by atoms with Crippen molar-refractivity contribution < 1.29 is 14.3 Å². The van der Waals surface area contributed by atoms with Crippen LogP contribution in [-0.2, 0) is 14.3 Å². The lowest BCUT2D eigenvalue weighted by Crippen LogP contribution is -2.29. The van der Waals surface area contributed by atoms with Crippen molar-refractivity contribution in [2.75, 3.05) is 14.2 Å². The molecule has 1 aliphatic carbocycles. The van der Waals surface area contributed by atoms with Crippen molar-refractivity contribution in [1.29, 1.82) is 0 Å². The fourth-order valence-corrected chi connectivity index (χ4v) is 0.944. The van der Waals surface area contributed by atoms with E-state index in [2.05, 4.69) is 0 Å². The van der Waals surface area contributed by atoms with E-state index in [1.807, 2.05) is 0 Å². The van der Waals surface area contributed by atoms with Gasteiger partial charge in [0.2, 0.25) is 0 Å². The van der Waals surface area contributed by atoms with Crippen LogP contribution >= 0.6 is 0 Å². The van der Waals surface area contributed by atoms with Crippen molar-refractivity contribution in [3.8, 4) is 0 Å². The van der Waals surface area contributed by atoms with E-state index in [0.29, 0.717) is 6.42 Å². The summed E-state index contributed by atoms with van der Waals surface area (Å²) in [5.41, 5.74) is 0. The molecule has 56 valence electrons. The zero-order chi connectivity index (χ0) is 7.61. The van der Waals surface area contributed by atoms with Crippen LogP contribution in [0.1, 0.15) is 6.42 Å². The Kier molecular flexibility index (Phi) is 1.87. The van der Waals surface area contributed by atoms with E-state index >= 15 is 0 Å². The fraction of sp³-hybridized carbons (Fsp3) is 0.571. The van der Waals surface area contributed by atoms with Gasteiger partial charge in [0.15, 0.2) is 11.6 Å². The van der Waals surface area contributed by atoms with Gasteiger partial charge in [0, 0.05) is 14.2 Å². The lowest BCUT2D eigenvalue weighted by molar-refractivity contribution is -0.171. The summed E-state index contributed by atoms with van der Waals surface area (Å²) in [5, 5.41) is 0. The van der Waals surface area contributed by atoms with Crippen LogP contribution in [0, 0.1) is 0 Å². The molecular weight excluding hydrogens is 132 g/mol. The minimum Gasteiger partial charge on any atom is -0.349 e. The summed E-state index contributed by atoms with van der Waals surface area (Å²) in [5.74, 6) is -0.736. The molecule has 10 heavy (non-hydrogen) atoms. The summed E-state index contributed by atoms with van der Waals surface area (Å²) in [6.45, 7) is 0. The number of hydrogen-bond acceptors (Lipinski definition) is 3. The third kappa shape index (κ3) is 1.10. The minimum atomic E-state index is -0.781. The molecule has 3 nitrogen and oxygen atoms in total. The van der Waals surface area contributed by atoms with Crippen molar-refractivity contribution in [3.05, 3.63) is 12.2 Å².